The molecule has 0 aliphatic rings. The summed E-state index contributed by atoms with van der Waals surface area (Å²) in [5.41, 5.74) is 0. The number of hydrogen-bond donors (Lipinski definition) is 0. The smallest absolute Gasteiger partial charge is 0.361 e. The fourth-order valence-electron chi connectivity index (χ4n) is 1.81. The van der Waals surface area contributed by atoms with Gasteiger partial charge in [0.05, 0.1) is 27.7 Å². The number of ether oxygens (including phenoxy) is 1. The molecule has 0 N–H and O–H groups in total. The number of quaternary nitrogens is 1. The molecule has 0 aromatic rings. The maximum atomic E-state index is 11.2. The quantitative estimate of drug-likeness (QED) is 0.346. The van der Waals surface area contributed by atoms with Crippen molar-refractivity contribution in [1.29, 1.82) is 0 Å². The Labute approximate surface area is 100 Å². The Morgan fingerprint density at radius 2 is 1.62 bits per heavy atom. The van der Waals surface area contributed by atoms with Crippen LogP contribution < -0.4 is 0 Å². The maximum absolute atomic E-state index is 11.2. The van der Waals surface area contributed by atoms with E-state index in [0.29, 0.717) is 6.54 Å². The van der Waals surface area contributed by atoms with Crippen molar-refractivity contribution in [1.82, 2.24) is 0 Å². The molecule has 0 unspecified atom stereocenters. The van der Waals surface area contributed by atoms with Crippen molar-refractivity contribution >= 4 is 5.97 Å². The van der Waals surface area contributed by atoms with Crippen molar-refractivity contribution in [2.24, 2.45) is 0 Å². The van der Waals surface area contributed by atoms with Crippen molar-refractivity contribution in [2.45, 2.75) is 45.4 Å². The van der Waals surface area contributed by atoms with Gasteiger partial charge in [-0.15, -0.1) is 0 Å². The monoisotopic (exact) mass is 230 g/mol. The van der Waals surface area contributed by atoms with Crippen LogP contribution in [0.4, 0.5) is 0 Å². The van der Waals surface area contributed by atoms with E-state index in [1.807, 2.05) is 0 Å². The Balaban J connectivity index is 3.54. The van der Waals surface area contributed by atoms with E-state index in [1.54, 1.807) is 0 Å². The first-order valence-electron chi connectivity index (χ1n) is 6.40. The highest BCUT2D eigenvalue weighted by molar-refractivity contribution is 5.70. The van der Waals surface area contributed by atoms with E-state index < -0.39 is 0 Å². The fourth-order valence-corrected chi connectivity index (χ4v) is 1.81. The number of rotatable bonds is 9. The summed E-state index contributed by atoms with van der Waals surface area (Å²) in [6, 6.07) is 0. The Bertz CT molecular complexity index is 190. The third-order valence-corrected chi connectivity index (χ3v) is 2.90. The van der Waals surface area contributed by atoms with Crippen molar-refractivity contribution in [3.05, 3.63) is 0 Å². The molecule has 0 aliphatic carbocycles. The van der Waals surface area contributed by atoms with E-state index in [9.17, 15) is 4.79 Å². The van der Waals surface area contributed by atoms with Crippen LogP contribution in [0.5, 0.6) is 0 Å². The molecule has 0 spiro atoms. The van der Waals surface area contributed by atoms with Gasteiger partial charge in [0.2, 0.25) is 0 Å². The normalized spacial score (nSPS) is 11.5. The van der Waals surface area contributed by atoms with E-state index in [-0.39, 0.29) is 5.97 Å². The average Bonchev–Trinajstić information content (AvgIpc) is 2.22. The highest BCUT2D eigenvalue weighted by Gasteiger charge is 2.19. The van der Waals surface area contributed by atoms with Crippen LogP contribution in [0.15, 0.2) is 0 Å². The molecule has 0 aromatic heterocycles. The summed E-state index contributed by atoms with van der Waals surface area (Å²) in [7, 11) is 5.62. The summed E-state index contributed by atoms with van der Waals surface area (Å²) in [4.78, 5) is 11.2. The van der Waals surface area contributed by atoms with Crippen molar-refractivity contribution in [3.8, 4) is 0 Å². The van der Waals surface area contributed by atoms with Crippen LogP contribution in [0.1, 0.15) is 45.4 Å². The predicted octanol–water partition coefficient (Wildman–Crippen LogP) is 2.60. The van der Waals surface area contributed by atoms with Crippen LogP contribution in [0.2, 0.25) is 0 Å². The molecule has 0 aliphatic heterocycles. The number of likely N-dealkylation sites (N-methyl/N-ethyl adjacent to an activating group) is 1. The van der Waals surface area contributed by atoms with Crippen LogP contribution in [0.3, 0.4) is 0 Å². The number of carbonyl (C=O) groups excluding carboxylic acids is 1. The Hall–Kier alpha value is -0.570. The molecule has 3 nitrogen and oxygen atoms in total. The third kappa shape index (κ3) is 8.72. The number of esters is 1. The van der Waals surface area contributed by atoms with Crippen LogP contribution in [-0.4, -0.2) is 44.7 Å². The van der Waals surface area contributed by atoms with E-state index in [4.69, 9.17) is 4.74 Å². The first-order valence-corrected chi connectivity index (χ1v) is 6.40. The van der Waals surface area contributed by atoms with Crippen molar-refractivity contribution < 1.29 is 14.0 Å². The highest BCUT2D eigenvalue weighted by Crippen LogP contribution is 2.08. The molecule has 96 valence electrons. The number of hydrogen-bond acceptors (Lipinski definition) is 2. The van der Waals surface area contributed by atoms with E-state index >= 15 is 0 Å². The molecule has 0 bridgehead atoms. The van der Waals surface area contributed by atoms with E-state index in [0.717, 1.165) is 11.0 Å². The van der Waals surface area contributed by atoms with Gasteiger partial charge in [0.1, 0.15) is 0 Å². The minimum absolute atomic E-state index is 0.115. The number of nitrogens with zero attached hydrogens (tertiary/aromatic N) is 1. The lowest BCUT2D eigenvalue weighted by Crippen LogP contribution is -2.44. The lowest BCUT2D eigenvalue weighted by atomic mass is 10.1. The zero-order valence-corrected chi connectivity index (χ0v) is 11.4. The average molecular weight is 230 g/mol. The zero-order valence-electron chi connectivity index (χ0n) is 11.4. The summed E-state index contributed by atoms with van der Waals surface area (Å²) < 4.78 is 5.43. The second kappa shape index (κ2) is 8.57. The lowest BCUT2D eigenvalue weighted by molar-refractivity contribution is -0.883. The van der Waals surface area contributed by atoms with Crippen LogP contribution in [0, 0.1) is 0 Å². The molecule has 0 aromatic carbocycles. The molecule has 0 saturated heterocycles. The first kappa shape index (κ1) is 15.4. The molecule has 3 heteroatoms. The van der Waals surface area contributed by atoms with Gasteiger partial charge in [0, 0.05) is 0 Å². The summed E-state index contributed by atoms with van der Waals surface area (Å²) in [5.74, 6) is -0.115. The Morgan fingerprint density at radius 3 is 2.19 bits per heavy atom. The summed E-state index contributed by atoms with van der Waals surface area (Å²) in [6.45, 7) is 3.77. The standard InChI is InChI=1S/C13H28NO2/c1-5-6-7-8-9-10-11-14(2,3)12-13(15)16-4/h5-12H2,1-4H3/q+1. The molecule has 0 radical (unpaired) electrons. The summed E-state index contributed by atoms with van der Waals surface area (Å²) in [5, 5.41) is 0. The van der Waals surface area contributed by atoms with Gasteiger partial charge >= 0.3 is 5.97 Å². The molecular weight excluding hydrogens is 202 g/mol. The van der Waals surface area contributed by atoms with Gasteiger partial charge in [-0.05, 0) is 12.8 Å². The first-order chi connectivity index (χ1) is 7.52. The minimum Gasteiger partial charge on any atom is -0.465 e. The SMILES string of the molecule is CCCCCCCC[N+](C)(C)CC(=O)OC. The molecule has 0 amide bonds. The third-order valence-electron chi connectivity index (χ3n) is 2.90. The van der Waals surface area contributed by atoms with Gasteiger partial charge in [0.15, 0.2) is 6.54 Å². The number of methoxy groups -OCH3 is 1. The molecule has 0 rings (SSSR count). The lowest BCUT2D eigenvalue weighted by Gasteiger charge is -2.28. The van der Waals surface area contributed by atoms with Gasteiger partial charge < -0.3 is 9.22 Å². The van der Waals surface area contributed by atoms with Gasteiger partial charge in [-0.2, -0.15) is 0 Å². The molecule has 16 heavy (non-hydrogen) atoms. The summed E-state index contributed by atoms with van der Waals surface area (Å²) in [6.07, 6.45) is 7.80. The zero-order chi connectivity index (χ0) is 12.4. The van der Waals surface area contributed by atoms with Crippen LogP contribution in [-0.2, 0) is 9.53 Å². The summed E-state index contributed by atoms with van der Waals surface area (Å²) >= 11 is 0. The Kier molecular flexibility index (Phi) is 8.26. The van der Waals surface area contributed by atoms with Gasteiger partial charge in [-0.3, -0.25) is 0 Å². The minimum atomic E-state index is -0.115. The highest BCUT2D eigenvalue weighted by atomic mass is 16.5. The predicted molar refractivity (Wildman–Crippen MR) is 67.2 cm³/mol. The Morgan fingerprint density at radius 1 is 1.06 bits per heavy atom. The van der Waals surface area contributed by atoms with Gasteiger partial charge in [0.25, 0.3) is 0 Å². The van der Waals surface area contributed by atoms with Crippen LogP contribution in [0.25, 0.3) is 0 Å². The second-order valence-electron chi connectivity index (χ2n) is 5.16. The van der Waals surface area contributed by atoms with Crippen molar-refractivity contribution in [2.75, 3.05) is 34.3 Å². The maximum Gasteiger partial charge on any atom is 0.361 e. The van der Waals surface area contributed by atoms with Gasteiger partial charge in [-0.1, -0.05) is 32.6 Å². The van der Waals surface area contributed by atoms with E-state index in [1.165, 1.54) is 45.6 Å². The van der Waals surface area contributed by atoms with Crippen LogP contribution >= 0.6 is 0 Å². The number of unbranched alkanes of at least 4 members (excludes halogenated alkanes) is 5. The topological polar surface area (TPSA) is 26.3 Å². The second-order valence-corrected chi connectivity index (χ2v) is 5.16. The van der Waals surface area contributed by atoms with Crippen molar-refractivity contribution in [3.63, 3.8) is 0 Å². The molecule has 0 heterocycles. The largest absolute Gasteiger partial charge is 0.465 e. The molecule has 0 fully saturated rings. The fraction of sp³-hybridized carbons (Fsp3) is 0.923. The molecular formula is C13H28NO2+. The van der Waals surface area contributed by atoms with Gasteiger partial charge in [-0.25, -0.2) is 4.79 Å². The number of carbonyl (C=O) groups is 1. The molecule has 0 saturated carbocycles. The van der Waals surface area contributed by atoms with E-state index in [2.05, 4.69) is 21.0 Å². The molecule has 0 atom stereocenters.